The lowest BCUT2D eigenvalue weighted by atomic mass is 10.1. The standard InChI is InChI=1S/C16H22N4O2/c1-10(2)20-15-14(8-18-20)13(6-11(3)19-15)16(21)17-7-12-4-5-22-9-12/h6,8,10,12H,4-5,7,9H2,1-3H3,(H,17,21)/t12-/m0/s1. The zero-order chi connectivity index (χ0) is 15.7. The van der Waals surface area contributed by atoms with Crippen molar-refractivity contribution in [2.45, 2.75) is 33.2 Å². The van der Waals surface area contributed by atoms with Gasteiger partial charge in [-0.25, -0.2) is 9.67 Å². The number of nitrogens with one attached hydrogen (secondary N) is 1. The number of fused-ring (bicyclic) bond motifs is 1. The monoisotopic (exact) mass is 302 g/mol. The van der Waals surface area contributed by atoms with E-state index in [4.69, 9.17) is 4.74 Å². The molecular weight excluding hydrogens is 280 g/mol. The second-order valence-electron chi connectivity index (χ2n) is 6.17. The van der Waals surface area contributed by atoms with Gasteiger partial charge in [0.25, 0.3) is 5.91 Å². The Morgan fingerprint density at radius 3 is 3.05 bits per heavy atom. The van der Waals surface area contributed by atoms with Gasteiger partial charge in [0.2, 0.25) is 0 Å². The maximum absolute atomic E-state index is 12.5. The van der Waals surface area contributed by atoms with Gasteiger partial charge in [-0.2, -0.15) is 5.10 Å². The zero-order valence-electron chi connectivity index (χ0n) is 13.3. The van der Waals surface area contributed by atoms with Crippen LogP contribution in [0.2, 0.25) is 0 Å². The van der Waals surface area contributed by atoms with Crippen molar-refractivity contribution >= 4 is 16.9 Å². The summed E-state index contributed by atoms with van der Waals surface area (Å²) in [5, 5.41) is 8.19. The van der Waals surface area contributed by atoms with E-state index in [2.05, 4.69) is 29.2 Å². The fraction of sp³-hybridized carbons (Fsp3) is 0.562. The SMILES string of the molecule is Cc1cc(C(=O)NC[C@@H]2CCOC2)c2cnn(C(C)C)c2n1. The molecule has 2 aromatic rings. The van der Waals surface area contributed by atoms with Gasteiger partial charge in [0, 0.05) is 30.8 Å². The number of aryl methyl sites for hydroxylation is 1. The summed E-state index contributed by atoms with van der Waals surface area (Å²) in [6.07, 6.45) is 2.74. The van der Waals surface area contributed by atoms with E-state index in [-0.39, 0.29) is 11.9 Å². The summed E-state index contributed by atoms with van der Waals surface area (Å²) in [6.45, 7) is 8.18. The predicted molar refractivity (Wildman–Crippen MR) is 83.9 cm³/mol. The number of rotatable bonds is 4. The highest BCUT2D eigenvalue weighted by Crippen LogP contribution is 2.21. The van der Waals surface area contributed by atoms with Crippen LogP contribution in [0.3, 0.4) is 0 Å². The van der Waals surface area contributed by atoms with Crippen molar-refractivity contribution in [3.05, 3.63) is 23.5 Å². The number of pyridine rings is 1. The molecule has 6 nitrogen and oxygen atoms in total. The lowest BCUT2D eigenvalue weighted by Crippen LogP contribution is -2.29. The van der Waals surface area contributed by atoms with Crippen LogP contribution in [0.5, 0.6) is 0 Å². The summed E-state index contributed by atoms with van der Waals surface area (Å²) in [6, 6.07) is 2.04. The van der Waals surface area contributed by atoms with Gasteiger partial charge in [-0.05, 0) is 33.3 Å². The number of amides is 1. The average molecular weight is 302 g/mol. The van der Waals surface area contributed by atoms with E-state index in [0.29, 0.717) is 18.0 Å². The molecule has 22 heavy (non-hydrogen) atoms. The molecule has 3 rings (SSSR count). The molecule has 1 atom stereocenters. The lowest BCUT2D eigenvalue weighted by molar-refractivity contribution is 0.0946. The topological polar surface area (TPSA) is 69.0 Å². The molecule has 1 saturated heterocycles. The fourth-order valence-electron chi connectivity index (χ4n) is 2.79. The molecular formula is C16H22N4O2. The Morgan fingerprint density at radius 1 is 1.55 bits per heavy atom. The van der Waals surface area contributed by atoms with Crippen LogP contribution in [0.15, 0.2) is 12.3 Å². The number of carbonyl (C=O) groups excluding carboxylic acids is 1. The first kappa shape index (κ1) is 15.0. The first-order chi connectivity index (χ1) is 10.6. The first-order valence-corrected chi connectivity index (χ1v) is 7.77. The number of hydrogen-bond acceptors (Lipinski definition) is 4. The van der Waals surface area contributed by atoms with Crippen LogP contribution in [0.4, 0.5) is 0 Å². The Kier molecular flexibility index (Phi) is 4.11. The van der Waals surface area contributed by atoms with Crippen molar-refractivity contribution in [2.24, 2.45) is 5.92 Å². The highest BCUT2D eigenvalue weighted by molar-refractivity contribution is 6.05. The molecule has 0 saturated carbocycles. The van der Waals surface area contributed by atoms with Crippen LogP contribution in [0.1, 0.15) is 42.4 Å². The van der Waals surface area contributed by atoms with E-state index in [1.54, 1.807) is 6.20 Å². The van der Waals surface area contributed by atoms with E-state index >= 15 is 0 Å². The molecule has 1 aliphatic heterocycles. The van der Waals surface area contributed by atoms with E-state index in [0.717, 1.165) is 36.4 Å². The largest absolute Gasteiger partial charge is 0.381 e. The minimum absolute atomic E-state index is 0.0642. The van der Waals surface area contributed by atoms with Gasteiger partial charge in [-0.1, -0.05) is 0 Å². The minimum Gasteiger partial charge on any atom is -0.381 e. The third-order valence-corrected chi connectivity index (χ3v) is 4.00. The molecule has 0 aromatic carbocycles. The molecule has 1 N–H and O–H groups in total. The normalized spacial score (nSPS) is 18.3. The van der Waals surface area contributed by atoms with Gasteiger partial charge in [0.15, 0.2) is 5.65 Å². The molecule has 2 aromatic heterocycles. The smallest absolute Gasteiger partial charge is 0.252 e. The Balaban J connectivity index is 1.87. The molecule has 0 bridgehead atoms. The maximum atomic E-state index is 12.5. The van der Waals surface area contributed by atoms with Gasteiger partial charge in [0.05, 0.1) is 23.8 Å². The van der Waals surface area contributed by atoms with Crippen LogP contribution in [0, 0.1) is 12.8 Å². The van der Waals surface area contributed by atoms with Crippen LogP contribution in [-0.2, 0) is 4.74 Å². The summed E-state index contributed by atoms with van der Waals surface area (Å²) >= 11 is 0. The number of carbonyl (C=O) groups is 1. The van der Waals surface area contributed by atoms with Crippen molar-refractivity contribution in [1.29, 1.82) is 0 Å². The number of nitrogens with zero attached hydrogens (tertiary/aromatic N) is 3. The van der Waals surface area contributed by atoms with Gasteiger partial charge in [-0.15, -0.1) is 0 Å². The lowest BCUT2D eigenvalue weighted by Gasteiger charge is -2.11. The zero-order valence-corrected chi connectivity index (χ0v) is 13.3. The molecule has 118 valence electrons. The summed E-state index contributed by atoms with van der Waals surface area (Å²) in [5.41, 5.74) is 2.24. The van der Waals surface area contributed by atoms with Crippen LogP contribution in [-0.4, -0.2) is 40.4 Å². The van der Waals surface area contributed by atoms with Gasteiger partial charge < -0.3 is 10.1 Å². The molecule has 0 aliphatic carbocycles. The Hall–Kier alpha value is -1.95. The molecule has 1 amide bonds. The van der Waals surface area contributed by atoms with E-state index < -0.39 is 0 Å². The van der Waals surface area contributed by atoms with Crippen molar-refractivity contribution in [1.82, 2.24) is 20.1 Å². The quantitative estimate of drug-likeness (QED) is 0.939. The fourth-order valence-corrected chi connectivity index (χ4v) is 2.79. The van der Waals surface area contributed by atoms with Crippen LogP contribution >= 0.6 is 0 Å². The van der Waals surface area contributed by atoms with Gasteiger partial charge >= 0.3 is 0 Å². The third kappa shape index (κ3) is 2.83. The third-order valence-electron chi connectivity index (χ3n) is 4.00. The molecule has 3 heterocycles. The van der Waals surface area contributed by atoms with Crippen molar-refractivity contribution in [2.75, 3.05) is 19.8 Å². The van der Waals surface area contributed by atoms with Crippen molar-refractivity contribution < 1.29 is 9.53 Å². The van der Waals surface area contributed by atoms with Crippen molar-refractivity contribution in [3.63, 3.8) is 0 Å². The summed E-state index contributed by atoms with van der Waals surface area (Å²) in [5.74, 6) is 0.353. The summed E-state index contributed by atoms with van der Waals surface area (Å²) in [7, 11) is 0. The number of ether oxygens (including phenoxy) is 1. The van der Waals surface area contributed by atoms with Crippen molar-refractivity contribution in [3.8, 4) is 0 Å². The molecule has 0 radical (unpaired) electrons. The Bertz CT molecular complexity index is 687. The molecule has 6 heteroatoms. The van der Waals surface area contributed by atoms with Crippen LogP contribution < -0.4 is 5.32 Å². The molecule has 1 aliphatic rings. The van der Waals surface area contributed by atoms with Crippen LogP contribution in [0.25, 0.3) is 11.0 Å². The van der Waals surface area contributed by atoms with E-state index in [1.807, 2.05) is 17.7 Å². The Labute approximate surface area is 129 Å². The minimum atomic E-state index is -0.0642. The van der Waals surface area contributed by atoms with E-state index in [9.17, 15) is 4.79 Å². The number of aromatic nitrogens is 3. The number of hydrogen-bond donors (Lipinski definition) is 1. The molecule has 1 fully saturated rings. The highest BCUT2D eigenvalue weighted by atomic mass is 16.5. The average Bonchev–Trinajstić information content (AvgIpc) is 3.12. The van der Waals surface area contributed by atoms with E-state index in [1.165, 1.54) is 0 Å². The maximum Gasteiger partial charge on any atom is 0.252 e. The summed E-state index contributed by atoms with van der Waals surface area (Å²) < 4.78 is 7.19. The summed E-state index contributed by atoms with van der Waals surface area (Å²) in [4.78, 5) is 17.1. The highest BCUT2D eigenvalue weighted by Gasteiger charge is 2.19. The predicted octanol–water partition coefficient (Wildman–Crippen LogP) is 2.09. The first-order valence-electron chi connectivity index (χ1n) is 7.77. The van der Waals surface area contributed by atoms with Gasteiger partial charge in [-0.3, -0.25) is 4.79 Å². The molecule has 0 unspecified atom stereocenters. The second kappa shape index (κ2) is 6.04. The van der Waals surface area contributed by atoms with Gasteiger partial charge in [0.1, 0.15) is 0 Å². The Morgan fingerprint density at radius 2 is 2.36 bits per heavy atom. The molecule has 0 spiro atoms. The second-order valence-corrected chi connectivity index (χ2v) is 6.17.